The summed E-state index contributed by atoms with van der Waals surface area (Å²) in [5, 5.41) is 5.06. The van der Waals surface area contributed by atoms with Gasteiger partial charge in [-0.25, -0.2) is 13.6 Å². The third-order valence-electron chi connectivity index (χ3n) is 3.59. The molecule has 0 saturated carbocycles. The monoisotopic (exact) mass is 387 g/mol. The highest BCUT2D eigenvalue weighted by molar-refractivity contribution is 7.99. The maximum absolute atomic E-state index is 11.4. The number of ether oxygens (including phenoxy) is 1. The highest BCUT2D eigenvalue weighted by Crippen LogP contribution is 2.13. The van der Waals surface area contributed by atoms with Crippen molar-refractivity contribution in [1.82, 2.24) is 0 Å². The largest absolute Gasteiger partial charge is 0.469 e. The van der Waals surface area contributed by atoms with E-state index in [9.17, 15) is 18.0 Å². The molecule has 0 atom stereocenters. The van der Waals surface area contributed by atoms with Gasteiger partial charge in [0.2, 0.25) is 10.0 Å². The smallest absolute Gasteiger partial charge is 0.313 e. The van der Waals surface area contributed by atoms with Crippen molar-refractivity contribution in [2.24, 2.45) is 5.14 Å². The van der Waals surface area contributed by atoms with Crippen molar-refractivity contribution < 1.29 is 22.7 Å². The molecule has 0 aromatic heterocycles. The predicted octanol–water partition coefficient (Wildman–Crippen LogP) is 2.30. The molecule has 8 heteroatoms. The van der Waals surface area contributed by atoms with E-state index in [4.69, 9.17) is 5.14 Å². The van der Waals surface area contributed by atoms with Crippen LogP contribution in [-0.4, -0.2) is 38.8 Å². The summed E-state index contributed by atoms with van der Waals surface area (Å²) >= 11 is 1.55. The van der Waals surface area contributed by atoms with E-state index in [1.807, 2.05) is 0 Å². The second-order valence-electron chi connectivity index (χ2n) is 5.70. The molecule has 25 heavy (non-hydrogen) atoms. The van der Waals surface area contributed by atoms with Gasteiger partial charge in [0.05, 0.1) is 17.8 Å². The molecule has 0 aliphatic rings. The molecule has 2 N–H and O–H groups in total. The van der Waals surface area contributed by atoms with Crippen LogP contribution in [0.4, 0.5) is 0 Å². The van der Waals surface area contributed by atoms with Crippen LogP contribution in [0, 0.1) is 0 Å². The maximum Gasteiger partial charge on any atom is 0.313 e. The van der Waals surface area contributed by atoms with E-state index in [0.29, 0.717) is 5.75 Å². The number of ketones is 1. The Morgan fingerprint density at radius 3 is 2.32 bits per heavy atom. The lowest BCUT2D eigenvalue weighted by Crippen LogP contribution is -2.11. The van der Waals surface area contributed by atoms with Crippen LogP contribution in [0.5, 0.6) is 0 Å². The summed E-state index contributed by atoms with van der Waals surface area (Å²) in [5.74, 6) is 0.670. The minimum Gasteiger partial charge on any atom is -0.469 e. The average Bonchev–Trinajstić information content (AvgIpc) is 2.56. The van der Waals surface area contributed by atoms with E-state index in [1.54, 1.807) is 23.9 Å². The summed E-state index contributed by atoms with van der Waals surface area (Å²) < 4.78 is 26.8. The molecule has 140 valence electrons. The van der Waals surface area contributed by atoms with Crippen molar-refractivity contribution in [3.63, 3.8) is 0 Å². The summed E-state index contributed by atoms with van der Waals surface area (Å²) in [6, 6.07) is 6.66. The van der Waals surface area contributed by atoms with Crippen LogP contribution in [-0.2, 0) is 30.8 Å². The second kappa shape index (κ2) is 11.3. The second-order valence-corrected chi connectivity index (χ2v) is 8.36. The molecule has 0 bridgehead atoms. The van der Waals surface area contributed by atoms with Crippen LogP contribution in [0.3, 0.4) is 0 Å². The van der Waals surface area contributed by atoms with Crippen molar-refractivity contribution >= 4 is 33.5 Å². The van der Waals surface area contributed by atoms with Gasteiger partial charge in [0.25, 0.3) is 0 Å². The zero-order valence-electron chi connectivity index (χ0n) is 14.4. The molecule has 0 radical (unpaired) electrons. The quantitative estimate of drug-likeness (QED) is 0.335. The first-order valence-electron chi connectivity index (χ1n) is 8.11. The molecule has 0 aliphatic carbocycles. The van der Waals surface area contributed by atoms with Gasteiger partial charge in [-0.1, -0.05) is 25.0 Å². The molecule has 0 aliphatic heterocycles. The molecular formula is C17H25NO5S2. The van der Waals surface area contributed by atoms with Crippen LogP contribution in [0.15, 0.2) is 29.2 Å². The lowest BCUT2D eigenvalue weighted by Gasteiger charge is -2.04. The molecule has 0 heterocycles. The number of benzene rings is 1. The third-order valence-corrected chi connectivity index (χ3v) is 5.62. The fourth-order valence-corrected chi connectivity index (χ4v) is 3.60. The van der Waals surface area contributed by atoms with Crippen molar-refractivity contribution in [3.05, 3.63) is 29.8 Å². The fraction of sp³-hybridized carbons (Fsp3) is 0.529. The number of Topliss-reactive ketones (excluding diaryl/α,β-unsaturated/α-hetero) is 1. The van der Waals surface area contributed by atoms with E-state index in [2.05, 4.69) is 4.74 Å². The van der Waals surface area contributed by atoms with Gasteiger partial charge in [0.1, 0.15) is 6.42 Å². The number of sulfonamides is 1. The number of hydrogen-bond donors (Lipinski definition) is 1. The van der Waals surface area contributed by atoms with Gasteiger partial charge >= 0.3 is 5.97 Å². The Morgan fingerprint density at radius 2 is 1.72 bits per heavy atom. The number of unbranched alkanes of at least 4 members (excludes halogenated alkanes) is 3. The molecule has 0 amide bonds. The van der Waals surface area contributed by atoms with E-state index in [-0.39, 0.29) is 17.1 Å². The summed E-state index contributed by atoms with van der Waals surface area (Å²) in [4.78, 5) is 22.5. The highest BCUT2D eigenvalue weighted by Gasteiger charge is 2.09. The van der Waals surface area contributed by atoms with Crippen LogP contribution in [0.1, 0.15) is 37.7 Å². The van der Waals surface area contributed by atoms with E-state index in [1.165, 1.54) is 19.2 Å². The molecule has 1 aromatic rings. The Hall–Kier alpha value is -1.38. The molecule has 0 saturated heterocycles. The van der Waals surface area contributed by atoms with Crippen LogP contribution < -0.4 is 5.14 Å². The first-order valence-corrected chi connectivity index (χ1v) is 10.8. The number of carbonyl (C=O) groups is 2. The lowest BCUT2D eigenvalue weighted by molar-refractivity contribution is -0.142. The molecule has 0 unspecified atom stereocenters. The number of hydrogen-bond acceptors (Lipinski definition) is 6. The minimum absolute atomic E-state index is 0.0974. The van der Waals surface area contributed by atoms with Gasteiger partial charge in [0, 0.05) is 0 Å². The van der Waals surface area contributed by atoms with Gasteiger partial charge in [-0.3, -0.25) is 9.59 Å². The number of carbonyl (C=O) groups excluding carboxylic acids is 2. The summed E-state index contributed by atoms with van der Waals surface area (Å²) in [6.45, 7) is 0. The standard InChI is InChI=1S/C17H25NO5S2/c1-23-17(20)12-15(19)13-24-11-5-3-2-4-6-14-7-9-16(10-8-14)25(18,21)22/h7-10H,2-6,11-13H2,1H3,(H2,18,21,22). The molecule has 1 aromatic carbocycles. The Morgan fingerprint density at radius 1 is 1.08 bits per heavy atom. The summed E-state index contributed by atoms with van der Waals surface area (Å²) in [5.41, 5.74) is 1.09. The van der Waals surface area contributed by atoms with E-state index >= 15 is 0 Å². The Balaban J connectivity index is 2.07. The van der Waals surface area contributed by atoms with Gasteiger partial charge < -0.3 is 4.74 Å². The number of thioether (sulfide) groups is 1. The van der Waals surface area contributed by atoms with Crippen LogP contribution in [0.2, 0.25) is 0 Å². The zero-order chi connectivity index (χ0) is 18.7. The number of aryl methyl sites for hydroxylation is 1. The SMILES string of the molecule is COC(=O)CC(=O)CSCCCCCCc1ccc(S(N)(=O)=O)cc1. The van der Waals surface area contributed by atoms with Gasteiger partial charge in [-0.15, -0.1) is 0 Å². The van der Waals surface area contributed by atoms with Crippen molar-refractivity contribution in [3.8, 4) is 0 Å². The van der Waals surface area contributed by atoms with Crippen LogP contribution in [0.25, 0.3) is 0 Å². The fourth-order valence-electron chi connectivity index (χ4n) is 2.20. The lowest BCUT2D eigenvalue weighted by atomic mass is 10.1. The zero-order valence-corrected chi connectivity index (χ0v) is 16.0. The van der Waals surface area contributed by atoms with Crippen molar-refractivity contribution in [2.75, 3.05) is 18.6 Å². The first-order chi connectivity index (χ1) is 11.8. The predicted molar refractivity (Wildman–Crippen MR) is 99.0 cm³/mol. The summed E-state index contributed by atoms with van der Waals surface area (Å²) in [6.07, 6.45) is 4.96. The van der Waals surface area contributed by atoms with Gasteiger partial charge in [0.15, 0.2) is 5.78 Å². The van der Waals surface area contributed by atoms with E-state index in [0.717, 1.165) is 43.4 Å². The van der Waals surface area contributed by atoms with Crippen molar-refractivity contribution in [2.45, 2.75) is 43.4 Å². The molecule has 6 nitrogen and oxygen atoms in total. The topological polar surface area (TPSA) is 104 Å². The summed E-state index contributed by atoms with van der Waals surface area (Å²) in [7, 11) is -2.35. The third kappa shape index (κ3) is 9.62. The highest BCUT2D eigenvalue weighted by atomic mass is 32.2. The number of primary sulfonamides is 1. The van der Waals surface area contributed by atoms with Gasteiger partial charge in [-0.2, -0.15) is 11.8 Å². The Bertz CT molecular complexity index is 656. The molecule has 0 fully saturated rings. The first kappa shape index (κ1) is 21.7. The van der Waals surface area contributed by atoms with Crippen LogP contribution >= 0.6 is 11.8 Å². The maximum atomic E-state index is 11.4. The number of nitrogens with two attached hydrogens (primary N) is 1. The van der Waals surface area contributed by atoms with Crippen molar-refractivity contribution in [1.29, 1.82) is 0 Å². The minimum atomic E-state index is -3.62. The number of methoxy groups -OCH3 is 1. The number of esters is 1. The molecule has 1 rings (SSSR count). The molecule has 0 spiro atoms. The van der Waals surface area contributed by atoms with E-state index < -0.39 is 16.0 Å². The number of rotatable bonds is 12. The Labute approximate surface area is 153 Å². The normalized spacial score (nSPS) is 11.3. The average molecular weight is 388 g/mol. The Kier molecular flexibility index (Phi) is 9.77. The van der Waals surface area contributed by atoms with Gasteiger partial charge in [-0.05, 0) is 42.7 Å². The molecular weight excluding hydrogens is 362 g/mol.